The van der Waals surface area contributed by atoms with Crippen molar-refractivity contribution in [2.75, 3.05) is 22.1 Å². The average Bonchev–Trinajstić information content (AvgIpc) is 2.89. The van der Waals surface area contributed by atoms with Crippen LogP contribution in [0.3, 0.4) is 0 Å². The molecular weight excluding hydrogens is 302 g/mol. The molecule has 0 radical (unpaired) electrons. The van der Waals surface area contributed by atoms with E-state index in [1.807, 2.05) is 47.4 Å². The Labute approximate surface area is 141 Å². The fourth-order valence-electron chi connectivity index (χ4n) is 3.08. The Bertz CT molecular complexity index is 755. The van der Waals surface area contributed by atoms with Gasteiger partial charge in [-0.15, -0.1) is 0 Å². The molecule has 5 nitrogen and oxygen atoms in total. The SMILES string of the molecule is CC(=O)Nc1ccc(NCC(=O)N2c3ccccc3CC2C)cc1. The highest BCUT2D eigenvalue weighted by molar-refractivity contribution is 5.98. The van der Waals surface area contributed by atoms with Gasteiger partial charge in [0.2, 0.25) is 11.8 Å². The van der Waals surface area contributed by atoms with Crippen molar-refractivity contribution in [2.24, 2.45) is 0 Å². The van der Waals surface area contributed by atoms with Crippen LogP contribution in [0, 0.1) is 0 Å². The molecule has 2 amide bonds. The molecule has 0 spiro atoms. The standard InChI is InChI=1S/C19H21N3O2/c1-13-11-15-5-3-4-6-18(15)22(13)19(24)12-20-16-7-9-17(10-8-16)21-14(2)23/h3-10,13,20H,11-12H2,1-2H3,(H,21,23). The van der Waals surface area contributed by atoms with E-state index >= 15 is 0 Å². The molecule has 1 atom stereocenters. The zero-order valence-electron chi connectivity index (χ0n) is 13.9. The van der Waals surface area contributed by atoms with Gasteiger partial charge in [-0.05, 0) is 49.2 Å². The lowest BCUT2D eigenvalue weighted by Gasteiger charge is -2.23. The Morgan fingerprint density at radius 2 is 1.75 bits per heavy atom. The Hall–Kier alpha value is -2.82. The summed E-state index contributed by atoms with van der Waals surface area (Å²) in [6.07, 6.45) is 0.896. The maximum atomic E-state index is 12.6. The number of carbonyl (C=O) groups is 2. The third-order valence-corrected chi connectivity index (χ3v) is 4.12. The third kappa shape index (κ3) is 3.40. The Morgan fingerprint density at radius 3 is 2.46 bits per heavy atom. The highest BCUT2D eigenvalue weighted by atomic mass is 16.2. The summed E-state index contributed by atoms with van der Waals surface area (Å²) in [5.41, 5.74) is 3.81. The second kappa shape index (κ2) is 6.74. The van der Waals surface area contributed by atoms with Gasteiger partial charge in [-0.25, -0.2) is 0 Å². The van der Waals surface area contributed by atoms with Crippen LogP contribution < -0.4 is 15.5 Å². The van der Waals surface area contributed by atoms with Gasteiger partial charge in [0.1, 0.15) is 0 Å². The van der Waals surface area contributed by atoms with Crippen molar-refractivity contribution in [3.63, 3.8) is 0 Å². The van der Waals surface area contributed by atoms with Gasteiger partial charge in [0.25, 0.3) is 0 Å². The van der Waals surface area contributed by atoms with Gasteiger partial charge in [-0.2, -0.15) is 0 Å². The Kier molecular flexibility index (Phi) is 4.51. The van der Waals surface area contributed by atoms with E-state index in [4.69, 9.17) is 0 Å². The quantitative estimate of drug-likeness (QED) is 0.909. The van der Waals surface area contributed by atoms with Gasteiger partial charge in [0, 0.05) is 30.0 Å². The van der Waals surface area contributed by atoms with Crippen molar-refractivity contribution in [1.29, 1.82) is 0 Å². The number of anilines is 3. The number of nitrogens with one attached hydrogen (secondary N) is 2. The van der Waals surface area contributed by atoms with E-state index in [9.17, 15) is 9.59 Å². The maximum absolute atomic E-state index is 12.6. The summed E-state index contributed by atoms with van der Waals surface area (Å²) in [7, 11) is 0. The fourth-order valence-corrected chi connectivity index (χ4v) is 3.08. The Balaban J connectivity index is 1.62. The topological polar surface area (TPSA) is 61.4 Å². The van der Waals surface area contributed by atoms with Crippen molar-refractivity contribution in [3.05, 3.63) is 54.1 Å². The summed E-state index contributed by atoms with van der Waals surface area (Å²) in [4.78, 5) is 25.5. The highest BCUT2D eigenvalue weighted by Crippen LogP contribution is 2.31. The van der Waals surface area contributed by atoms with Crippen molar-refractivity contribution < 1.29 is 9.59 Å². The fraction of sp³-hybridized carbons (Fsp3) is 0.263. The molecule has 0 saturated carbocycles. The maximum Gasteiger partial charge on any atom is 0.246 e. The largest absolute Gasteiger partial charge is 0.376 e. The van der Waals surface area contributed by atoms with E-state index in [1.54, 1.807) is 0 Å². The first-order chi connectivity index (χ1) is 11.5. The van der Waals surface area contributed by atoms with Crippen LogP contribution in [0.1, 0.15) is 19.4 Å². The molecule has 0 aliphatic carbocycles. The number of hydrogen-bond donors (Lipinski definition) is 2. The number of amides is 2. The number of nitrogens with zero attached hydrogens (tertiary/aromatic N) is 1. The molecule has 0 bridgehead atoms. The van der Waals surface area contributed by atoms with Gasteiger partial charge in [0.15, 0.2) is 0 Å². The predicted octanol–water partition coefficient (Wildman–Crippen LogP) is 3.03. The number of fused-ring (bicyclic) bond motifs is 1. The van der Waals surface area contributed by atoms with Crippen LogP contribution in [0.15, 0.2) is 48.5 Å². The normalized spacial score (nSPS) is 15.8. The minimum Gasteiger partial charge on any atom is -0.376 e. The van der Waals surface area contributed by atoms with Gasteiger partial charge in [-0.1, -0.05) is 18.2 Å². The van der Waals surface area contributed by atoms with Gasteiger partial charge >= 0.3 is 0 Å². The summed E-state index contributed by atoms with van der Waals surface area (Å²) >= 11 is 0. The summed E-state index contributed by atoms with van der Waals surface area (Å²) in [6.45, 7) is 3.78. The minimum absolute atomic E-state index is 0.0541. The van der Waals surface area contributed by atoms with Crippen molar-refractivity contribution >= 4 is 28.9 Å². The number of rotatable bonds is 4. The summed E-state index contributed by atoms with van der Waals surface area (Å²) < 4.78 is 0. The second-order valence-electron chi connectivity index (χ2n) is 6.06. The van der Waals surface area contributed by atoms with Crippen LogP contribution in [-0.2, 0) is 16.0 Å². The van der Waals surface area contributed by atoms with Crippen LogP contribution >= 0.6 is 0 Å². The number of hydrogen-bond acceptors (Lipinski definition) is 3. The first-order valence-corrected chi connectivity index (χ1v) is 8.06. The molecule has 1 unspecified atom stereocenters. The number of benzene rings is 2. The molecule has 1 aliphatic rings. The van der Waals surface area contributed by atoms with Crippen LogP contribution in [0.25, 0.3) is 0 Å². The van der Waals surface area contributed by atoms with Crippen LogP contribution in [0.4, 0.5) is 17.1 Å². The first kappa shape index (κ1) is 16.1. The molecule has 5 heteroatoms. The molecule has 2 aromatic rings. The summed E-state index contributed by atoms with van der Waals surface area (Å²) in [5.74, 6) is -0.0500. The molecule has 0 aromatic heterocycles. The predicted molar refractivity (Wildman–Crippen MR) is 96.3 cm³/mol. The molecule has 3 rings (SSSR count). The smallest absolute Gasteiger partial charge is 0.246 e. The molecule has 2 N–H and O–H groups in total. The monoisotopic (exact) mass is 323 g/mol. The molecule has 24 heavy (non-hydrogen) atoms. The number of para-hydroxylation sites is 1. The summed E-state index contributed by atoms with van der Waals surface area (Å²) in [5, 5.41) is 5.87. The molecular formula is C19H21N3O2. The van der Waals surface area contributed by atoms with Gasteiger partial charge < -0.3 is 15.5 Å². The first-order valence-electron chi connectivity index (χ1n) is 8.06. The number of carbonyl (C=O) groups excluding carboxylic acids is 2. The lowest BCUT2D eigenvalue weighted by Crippen LogP contribution is -2.39. The minimum atomic E-state index is -0.104. The Morgan fingerprint density at radius 1 is 1.08 bits per heavy atom. The molecule has 0 saturated heterocycles. The lowest BCUT2D eigenvalue weighted by atomic mass is 10.1. The van der Waals surface area contributed by atoms with E-state index in [1.165, 1.54) is 12.5 Å². The average molecular weight is 323 g/mol. The van der Waals surface area contributed by atoms with Crippen molar-refractivity contribution in [3.8, 4) is 0 Å². The zero-order chi connectivity index (χ0) is 17.1. The molecule has 124 valence electrons. The lowest BCUT2D eigenvalue weighted by molar-refractivity contribution is -0.117. The van der Waals surface area contributed by atoms with E-state index in [0.717, 1.165) is 23.5 Å². The molecule has 0 fully saturated rings. The van der Waals surface area contributed by atoms with Crippen molar-refractivity contribution in [1.82, 2.24) is 0 Å². The van der Waals surface area contributed by atoms with E-state index in [-0.39, 0.29) is 24.4 Å². The molecule has 1 aliphatic heterocycles. The van der Waals surface area contributed by atoms with E-state index in [0.29, 0.717) is 0 Å². The zero-order valence-corrected chi connectivity index (χ0v) is 13.9. The second-order valence-corrected chi connectivity index (χ2v) is 6.06. The van der Waals surface area contributed by atoms with Crippen LogP contribution in [0.5, 0.6) is 0 Å². The van der Waals surface area contributed by atoms with Gasteiger partial charge in [-0.3, -0.25) is 9.59 Å². The van der Waals surface area contributed by atoms with Crippen LogP contribution in [-0.4, -0.2) is 24.4 Å². The summed E-state index contributed by atoms with van der Waals surface area (Å²) in [6, 6.07) is 15.5. The van der Waals surface area contributed by atoms with Gasteiger partial charge in [0.05, 0.1) is 6.54 Å². The highest BCUT2D eigenvalue weighted by Gasteiger charge is 2.30. The van der Waals surface area contributed by atoms with E-state index in [2.05, 4.69) is 23.6 Å². The van der Waals surface area contributed by atoms with Crippen LogP contribution in [0.2, 0.25) is 0 Å². The molecule has 2 aromatic carbocycles. The van der Waals surface area contributed by atoms with E-state index < -0.39 is 0 Å². The molecule has 1 heterocycles. The van der Waals surface area contributed by atoms with Crippen molar-refractivity contribution in [2.45, 2.75) is 26.3 Å². The third-order valence-electron chi connectivity index (χ3n) is 4.12.